The molecule has 12 heavy (non-hydrogen) atoms. The second-order valence-electron chi connectivity index (χ2n) is 3.48. The molecule has 0 spiro atoms. The van der Waals surface area contributed by atoms with Crippen molar-refractivity contribution < 1.29 is 8.95 Å². The van der Waals surface area contributed by atoms with Gasteiger partial charge in [-0.1, -0.05) is 0 Å². The summed E-state index contributed by atoms with van der Waals surface area (Å²) in [6.45, 7) is 1.45. The maximum atomic E-state index is 11.2. The van der Waals surface area contributed by atoms with Gasteiger partial charge in [0.15, 0.2) is 0 Å². The molecule has 1 atom stereocenters. The lowest BCUT2D eigenvalue weighted by Gasteiger charge is -2.20. The van der Waals surface area contributed by atoms with Crippen molar-refractivity contribution in [2.24, 2.45) is 4.36 Å². The van der Waals surface area contributed by atoms with Gasteiger partial charge in [-0.25, -0.2) is 4.36 Å². The van der Waals surface area contributed by atoms with Crippen LogP contribution < -0.4 is 0 Å². The fourth-order valence-electron chi connectivity index (χ4n) is 1.21. The normalized spacial score (nSPS) is 25.3. The molecular formula is C8H17NO2S. The molecule has 0 aromatic carbocycles. The molecule has 3 nitrogen and oxygen atoms in total. The summed E-state index contributed by atoms with van der Waals surface area (Å²) in [6, 6.07) is 0. The highest BCUT2D eigenvalue weighted by molar-refractivity contribution is 7.92. The van der Waals surface area contributed by atoms with E-state index in [1.807, 2.05) is 0 Å². The molecule has 72 valence electrons. The summed E-state index contributed by atoms with van der Waals surface area (Å²) >= 11 is 0. The average molecular weight is 191 g/mol. The van der Waals surface area contributed by atoms with Crippen LogP contribution in [0.2, 0.25) is 0 Å². The average Bonchev–Trinajstić information content (AvgIpc) is 2.02. The van der Waals surface area contributed by atoms with Gasteiger partial charge in [-0.15, -0.1) is 0 Å². The number of rotatable bonds is 2. The van der Waals surface area contributed by atoms with Crippen LogP contribution in [-0.2, 0) is 14.5 Å². The Morgan fingerprint density at radius 1 is 1.50 bits per heavy atom. The Morgan fingerprint density at radius 3 is 2.75 bits per heavy atom. The Hall–Kier alpha value is -0.0900. The zero-order valence-corrected chi connectivity index (χ0v) is 8.60. The van der Waals surface area contributed by atoms with E-state index in [1.165, 1.54) is 6.42 Å². The highest BCUT2D eigenvalue weighted by Gasteiger charge is 2.12. The smallest absolute Gasteiger partial charge is 0.0777 e. The fourth-order valence-corrected chi connectivity index (χ4v) is 1.74. The predicted molar refractivity (Wildman–Crippen MR) is 50.9 cm³/mol. The van der Waals surface area contributed by atoms with E-state index in [-0.39, 0.29) is 6.10 Å². The van der Waals surface area contributed by atoms with Crippen LogP contribution in [0.1, 0.15) is 19.3 Å². The molecule has 1 rings (SSSR count). The number of hydrogen-bond acceptors (Lipinski definition) is 3. The van der Waals surface area contributed by atoms with Gasteiger partial charge >= 0.3 is 0 Å². The van der Waals surface area contributed by atoms with Gasteiger partial charge in [0.2, 0.25) is 0 Å². The molecule has 1 aliphatic rings. The van der Waals surface area contributed by atoms with E-state index >= 15 is 0 Å². The van der Waals surface area contributed by atoms with E-state index in [2.05, 4.69) is 4.36 Å². The Morgan fingerprint density at radius 2 is 2.25 bits per heavy atom. The van der Waals surface area contributed by atoms with Gasteiger partial charge in [0, 0.05) is 28.8 Å². The maximum absolute atomic E-state index is 11.2. The molecule has 0 aromatic rings. The maximum Gasteiger partial charge on any atom is 0.0777 e. The van der Waals surface area contributed by atoms with Crippen molar-refractivity contribution in [3.8, 4) is 0 Å². The van der Waals surface area contributed by atoms with E-state index < -0.39 is 9.73 Å². The summed E-state index contributed by atoms with van der Waals surface area (Å²) in [5, 5.41) is 0. The Labute approximate surface area is 74.7 Å². The predicted octanol–water partition coefficient (Wildman–Crippen LogP) is 1.28. The molecule has 1 saturated heterocycles. The van der Waals surface area contributed by atoms with Crippen LogP contribution in [0, 0.1) is 0 Å². The minimum Gasteiger partial charge on any atom is -0.376 e. The van der Waals surface area contributed by atoms with Crippen molar-refractivity contribution in [3.63, 3.8) is 0 Å². The van der Waals surface area contributed by atoms with Gasteiger partial charge < -0.3 is 4.74 Å². The number of nitrogens with zero attached hydrogens (tertiary/aromatic N) is 1. The summed E-state index contributed by atoms with van der Waals surface area (Å²) in [5.41, 5.74) is 0. The van der Waals surface area contributed by atoms with Gasteiger partial charge in [0.1, 0.15) is 0 Å². The van der Waals surface area contributed by atoms with Crippen molar-refractivity contribution >= 4 is 9.73 Å². The van der Waals surface area contributed by atoms with Crippen LogP contribution in [-0.4, -0.2) is 36.0 Å². The molecule has 1 aliphatic heterocycles. The minimum atomic E-state index is -1.93. The highest BCUT2D eigenvalue weighted by atomic mass is 32.2. The molecule has 0 aromatic heterocycles. The first-order valence-electron chi connectivity index (χ1n) is 4.32. The lowest BCUT2D eigenvalue weighted by Crippen LogP contribution is -2.22. The SMILES string of the molecule is CS(C)(=O)=NC[C@@H]1CCCCO1. The van der Waals surface area contributed by atoms with E-state index in [9.17, 15) is 4.21 Å². The highest BCUT2D eigenvalue weighted by Crippen LogP contribution is 2.12. The molecule has 0 N–H and O–H groups in total. The first-order chi connectivity index (χ1) is 5.58. The van der Waals surface area contributed by atoms with Gasteiger partial charge in [-0.3, -0.25) is 4.21 Å². The largest absolute Gasteiger partial charge is 0.376 e. The van der Waals surface area contributed by atoms with Crippen molar-refractivity contribution in [3.05, 3.63) is 0 Å². The second-order valence-corrected chi connectivity index (χ2v) is 6.10. The van der Waals surface area contributed by atoms with Crippen molar-refractivity contribution in [1.82, 2.24) is 0 Å². The molecule has 0 unspecified atom stereocenters. The lowest BCUT2D eigenvalue weighted by molar-refractivity contribution is 0.0227. The standard InChI is InChI=1S/C8H17NO2S/c1-12(2,10)9-7-8-5-3-4-6-11-8/h8H,3-7H2,1-2H3/t8-/m0/s1. The topological polar surface area (TPSA) is 38.7 Å². The second kappa shape index (κ2) is 4.23. The third-order valence-corrected chi connectivity index (χ3v) is 2.63. The summed E-state index contributed by atoms with van der Waals surface area (Å²) in [7, 11) is -1.93. The number of ether oxygens (including phenoxy) is 1. The molecule has 1 fully saturated rings. The van der Waals surface area contributed by atoms with Crippen LogP contribution in [0.5, 0.6) is 0 Å². The Balaban J connectivity index is 2.36. The quantitative estimate of drug-likeness (QED) is 0.659. The van der Waals surface area contributed by atoms with Gasteiger partial charge in [-0.2, -0.15) is 0 Å². The molecular weight excluding hydrogens is 174 g/mol. The van der Waals surface area contributed by atoms with Gasteiger partial charge in [0.25, 0.3) is 0 Å². The molecule has 0 saturated carbocycles. The third-order valence-electron chi connectivity index (χ3n) is 1.86. The zero-order chi connectivity index (χ0) is 9.03. The fraction of sp³-hybridized carbons (Fsp3) is 1.00. The first-order valence-corrected chi connectivity index (χ1v) is 6.65. The van der Waals surface area contributed by atoms with Crippen LogP contribution in [0.25, 0.3) is 0 Å². The molecule has 0 radical (unpaired) electrons. The molecule has 4 heteroatoms. The zero-order valence-electron chi connectivity index (χ0n) is 7.78. The van der Waals surface area contributed by atoms with Crippen molar-refractivity contribution in [1.29, 1.82) is 0 Å². The molecule has 0 bridgehead atoms. The van der Waals surface area contributed by atoms with Crippen LogP contribution in [0.4, 0.5) is 0 Å². The summed E-state index contributed by atoms with van der Waals surface area (Å²) < 4.78 is 20.7. The van der Waals surface area contributed by atoms with Crippen LogP contribution >= 0.6 is 0 Å². The Kier molecular flexibility index (Phi) is 3.53. The minimum absolute atomic E-state index is 0.222. The van der Waals surface area contributed by atoms with Crippen LogP contribution in [0.15, 0.2) is 4.36 Å². The Bertz CT molecular complexity index is 229. The monoisotopic (exact) mass is 191 g/mol. The van der Waals surface area contributed by atoms with E-state index in [1.54, 1.807) is 12.5 Å². The van der Waals surface area contributed by atoms with Crippen LogP contribution in [0.3, 0.4) is 0 Å². The summed E-state index contributed by atoms with van der Waals surface area (Å²) in [4.78, 5) is 0. The summed E-state index contributed by atoms with van der Waals surface area (Å²) in [5.74, 6) is 0. The van der Waals surface area contributed by atoms with Gasteiger partial charge in [0.05, 0.1) is 12.6 Å². The molecule has 1 heterocycles. The molecule has 0 amide bonds. The van der Waals surface area contributed by atoms with E-state index in [4.69, 9.17) is 4.74 Å². The lowest BCUT2D eigenvalue weighted by atomic mass is 10.1. The third kappa shape index (κ3) is 4.07. The number of hydrogen-bond donors (Lipinski definition) is 0. The van der Waals surface area contributed by atoms with E-state index in [0.717, 1.165) is 19.4 Å². The van der Waals surface area contributed by atoms with Crippen molar-refractivity contribution in [2.75, 3.05) is 25.7 Å². The molecule has 0 aliphatic carbocycles. The van der Waals surface area contributed by atoms with E-state index in [0.29, 0.717) is 6.54 Å². The summed E-state index contributed by atoms with van der Waals surface area (Å²) in [6.07, 6.45) is 6.99. The first kappa shape index (κ1) is 9.99. The van der Waals surface area contributed by atoms with Gasteiger partial charge in [-0.05, 0) is 19.3 Å². The van der Waals surface area contributed by atoms with Crippen molar-refractivity contribution in [2.45, 2.75) is 25.4 Å².